The Morgan fingerprint density at radius 2 is 1.39 bits per heavy atom. The lowest BCUT2D eigenvalue weighted by molar-refractivity contribution is 0.0192. The molecule has 4 rings (SSSR count). The van der Waals surface area contributed by atoms with Crippen LogP contribution < -0.4 is 0 Å². The van der Waals surface area contributed by atoms with Crippen molar-refractivity contribution >= 4 is 35.0 Å². The van der Waals surface area contributed by atoms with Crippen molar-refractivity contribution in [3.8, 4) is 0 Å². The maximum atomic E-state index is 12.9. The molecule has 8 heteroatoms. The first-order chi connectivity index (χ1) is 14.8. The minimum absolute atomic E-state index is 0.00913. The highest BCUT2D eigenvalue weighted by atomic mass is 35.5. The van der Waals surface area contributed by atoms with Crippen LogP contribution in [0.15, 0.2) is 48.5 Å². The molecule has 2 saturated heterocycles. The van der Waals surface area contributed by atoms with Crippen LogP contribution >= 0.6 is 23.2 Å². The number of aliphatic hydroxyl groups excluding tert-OH is 1. The van der Waals surface area contributed by atoms with Gasteiger partial charge in [0.15, 0.2) is 0 Å². The highest BCUT2D eigenvalue weighted by molar-refractivity contribution is 6.31. The third-order valence-electron chi connectivity index (χ3n) is 6.12. The minimum atomic E-state index is -0.623. The second-order valence-corrected chi connectivity index (χ2v) is 9.07. The molecule has 1 N–H and O–H groups in total. The third kappa shape index (κ3) is 4.72. The Bertz CT molecular complexity index is 952. The summed E-state index contributed by atoms with van der Waals surface area (Å²) in [5.41, 5.74) is 1.18. The molecule has 3 atom stereocenters. The van der Waals surface area contributed by atoms with E-state index in [0.717, 1.165) is 0 Å². The molecule has 0 saturated carbocycles. The van der Waals surface area contributed by atoms with Gasteiger partial charge in [0.1, 0.15) is 0 Å². The Hall–Kier alpha value is -2.12. The Labute approximate surface area is 191 Å². The van der Waals surface area contributed by atoms with Crippen molar-refractivity contribution in [1.82, 2.24) is 14.7 Å². The number of benzene rings is 2. The van der Waals surface area contributed by atoms with Crippen molar-refractivity contribution in [1.29, 1.82) is 0 Å². The number of rotatable bonds is 3. The summed E-state index contributed by atoms with van der Waals surface area (Å²) in [6.07, 6.45) is -0.623. The number of amides is 2. The molecule has 164 valence electrons. The Morgan fingerprint density at radius 1 is 0.839 bits per heavy atom. The summed E-state index contributed by atoms with van der Waals surface area (Å²) in [4.78, 5) is 31.4. The molecule has 2 heterocycles. The molecule has 6 nitrogen and oxygen atoms in total. The number of halogens is 2. The summed E-state index contributed by atoms with van der Waals surface area (Å²) < 4.78 is 0. The number of piperazine rings is 1. The smallest absolute Gasteiger partial charge is 0.254 e. The minimum Gasteiger partial charge on any atom is -0.390 e. The van der Waals surface area contributed by atoms with E-state index in [1.54, 1.807) is 53.4 Å². The quantitative estimate of drug-likeness (QED) is 0.762. The van der Waals surface area contributed by atoms with Gasteiger partial charge in [0.25, 0.3) is 11.8 Å². The van der Waals surface area contributed by atoms with Crippen LogP contribution in [0.25, 0.3) is 0 Å². The molecule has 2 aromatic carbocycles. The topological polar surface area (TPSA) is 64.1 Å². The van der Waals surface area contributed by atoms with Gasteiger partial charge >= 0.3 is 0 Å². The average molecular weight is 462 g/mol. The fourth-order valence-corrected chi connectivity index (χ4v) is 4.67. The van der Waals surface area contributed by atoms with Crippen molar-refractivity contribution in [3.05, 3.63) is 69.7 Å². The predicted molar refractivity (Wildman–Crippen MR) is 121 cm³/mol. The van der Waals surface area contributed by atoms with E-state index in [4.69, 9.17) is 23.2 Å². The van der Waals surface area contributed by atoms with Crippen LogP contribution in [0.5, 0.6) is 0 Å². The first-order valence-corrected chi connectivity index (χ1v) is 11.1. The summed E-state index contributed by atoms with van der Waals surface area (Å²) in [5, 5.41) is 11.8. The molecule has 0 aliphatic carbocycles. The third-order valence-corrected chi connectivity index (χ3v) is 6.62. The van der Waals surface area contributed by atoms with Gasteiger partial charge in [-0.1, -0.05) is 23.2 Å². The molecular formula is C23H25Cl2N3O3. The van der Waals surface area contributed by atoms with E-state index >= 15 is 0 Å². The number of hydrogen-bond acceptors (Lipinski definition) is 4. The Kier molecular flexibility index (Phi) is 6.53. The van der Waals surface area contributed by atoms with Crippen molar-refractivity contribution in [2.75, 3.05) is 32.7 Å². The van der Waals surface area contributed by atoms with Crippen LogP contribution in [0.2, 0.25) is 10.0 Å². The molecule has 2 aliphatic heterocycles. The lowest BCUT2D eigenvalue weighted by atomic mass is 10.1. The molecule has 2 amide bonds. The first kappa shape index (κ1) is 22.1. The highest BCUT2D eigenvalue weighted by Gasteiger charge is 2.40. The summed E-state index contributed by atoms with van der Waals surface area (Å²) >= 11 is 11.8. The molecule has 2 aromatic rings. The van der Waals surface area contributed by atoms with Crippen LogP contribution in [-0.4, -0.2) is 82.5 Å². The van der Waals surface area contributed by atoms with Gasteiger partial charge in [0, 0.05) is 59.9 Å². The standard InChI is InChI=1S/C23H25Cl2N3O3/c1-15-12-26(10-11-28(15)23(31)17-4-8-19(25)9-5-17)20-13-27(14-21(20)29)22(30)16-2-6-18(24)7-3-16/h2-9,15,20-21,29H,10-14H2,1H3/t15-,20?,21?/m0/s1. The monoisotopic (exact) mass is 461 g/mol. The van der Waals surface area contributed by atoms with E-state index in [9.17, 15) is 14.7 Å². The van der Waals surface area contributed by atoms with Gasteiger partial charge in [-0.15, -0.1) is 0 Å². The molecule has 31 heavy (non-hydrogen) atoms. The van der Waals surface area contributed by atoms with E-state index in [1.165, 1.54) is 0 Å². The van der Waals surface area contributed by atoms with E-state index in [2.05, 4.69) is 4.90 Å². The molecule has 0 aromatic heterocycles. The molecule has 2 fully saturated rings. The lowest BCUT2D eigenvalue weighted by Crippen LogP contribution is -2.58. The summed E-state index contributed by atoms with van der Waals surface area (Å²) in [6, 6.07) is 13.6. The maximum absolute atomic E-state index is 12.9. The fraction of sp³-hybridized carbons (Fsp3) is 0.391. The zero-order valence-electron chi connectivity index (χ0n) is 17.2. The van der Waals surface area contributed by atoms with Gasteiger partial charge in [0.2, 0.25) is 0 Å². The van der Waals surface area contributed by atoms with Gasteiger partial charge in [-0.25, -0.2) is 0 Å². The zero-order valence-corrected chi connectivity index (χ0v) is 18.8. The van der Waals surface area contributed by atoms with E-state index < -0.39 is 6.10 Å². The molecule has 2 aliphatic rings. The fourth-order valence-electron chi connectivity index (χ4n) is 4.42. The number of hydrogen-bond donors (Lipinski definition) is 1. The van der Waals surface area contributed by atoms with Gasteiger partial charge in [0.05, 0.1) is 12.1 Å². The number of likely N-dealkylation sites (tertiary alicyclic amines) is 1. The van der Waals surface area contributed by atoms with Crippen LogP contribution in [0.1, 0.15) is 27.6 Å². The number of β-amino-alcohol motifs (C(OH)–C–C–N with tert-alkyl or cyclic N) is 1. The molecular weight excluding hydrogens is 437 g/mol. The van der Waals surface area contributed by atoms with Crippen molar-refractivity contribution in [3.63, 3.8) is 0 Å². The van der Waals surface area contributed by atoms with Crippen molar-refractivity contribution in [2.45, 2.75) is 25.1 Å². The van der Waals surface area contributed by atoms with Crippen LogP contribution in [-0.2, 0) is 0 Å². The average Bonchev–Trinajstić information content (AvgIpc) is 3.15. The molecule has 0 spiro atoms. The van der Waals surface area contributed by atoms with Crippen LogP contribution in [0.3, 0.4) is 0 Å². The van der Waals surface area contributed by atoms with Gasteiger partial charge in [-0.3, -0.25) is 14.5 Å². The predicted octanol–water partition coefficient (Wildman–Crippen LogP) is 3.03. The van der Waals surface area contributed by atoms with E-state index in [1.807, 2.05) is 11.8 Å². The SMILES string of the molecule is C[C@H]1CN(C2CN(C(=O)c3ccc(Cl)cc3)CC2O)CCN1C(=O)c1ccc(Cl)cc1. The first-order valence-electron chi connectivity index (χ1n) is 10.4. The maximum Gasteiger partial charge on any atom is 0.254 e. The van der Waals surface area contributed by atoms with Gasteiger partial charge < -0.3 is 14.9 Å². The van der Waals surface area contributed by atoms with Gasteiger partial charge in [-0.2, -0.15) is 0 Å². The summed E-state index contributed by atoms with van der Waals surface area (Å²) in [6.45, 7) is 4.62. The van der Waals surface area contributed by atoms with Crippen LogP contribution in [0, 0.1) is 0 Å². The Morgan fingerprint density at radius 3 is 1.94 bits per heavy atom. The van der Waals surface area contributed by atoms with Gasteiger partial charge in [-0.05, 0) is 55.5 Å². The van der Waals surface area contributed by atoms with Crippen molar-refractivity contribution < 1.29 is 14.7 Å². The van der Waals surface area contributed by atoms with Crippen molar-refractivity contribution in [2.24, 2.45) is 0 Å². The normalized spacial score (nSPS) is 24.5. The highest BCUT2D eigenvalue weighted by Crippen LogP contribution is 2.24. The van der Waals surface area contributed by atoms with E-state index in [-0.39, 0.29) is 23.9 Å². The second kappa shape index (κ2) is 9.17. The van der Waals surface area contributed by atoms with E-state index in [0.29, 0.717) is 53.9 Å². The van der Waals surface area contributed by atoms with Crippen LogP contribution in [0.4, 0.5) is 0 Å². The second-order valence-electron chi connectivity index (χ2n) is 8.20. The summed E-state index contributed by atoms with van der Waals surface area (Å²) in [5.74, 6) is -0.127. The number of nitrogens with zero attached hydrogens (tertiary/aromatic N) is 3. The summed E-state index contributed by atoms with van der Waals surface area (Å²) in [7, 11) is 0. The largest absolute Gasteiger partial charge is 0.390 e. The molecule has 0 radical (unpaired) electrons. The number of carbonyl (C=O) groups excluding carboxylic acids is 2. The lowest BCUT2D eigenvalue weighted by Gasteiger charge is -2.43. The number of aliphatic hydroxyl groups is 1. The molecule has 0 bridgehead atoms. The Balaban J connectivity index is 1.38. The molecule has 2 unspecified atom stereocenters. The zero-order chi connectivity index (χ0) is 22.1. The number of carbonyl (C=O) groups is 2.